The minimum atomic E-state index is -1.32. The summed E-state index contributed by atoms with van der Waals surface area (Å²) in [6.45, 7) is 6.66. The van der Waals surface area contributed by atoms with E-state index in [2.05, 4.69) is 16.0 Å². The van der Waals surface area contributed by atoms with Gasteiger partial charge in [-0.1, -0.05) is 64.4 Å². The number of aliphatic hydroxyl groups excluding tert-OH is 1. The second-order valence-corrected chi connectivity index (χ2v) is 8.93. The van der Waals surface area contributed by atoms with Gasteiger partial charge in [-0.05, 0) is 23.8 Å². The Hall–Kier alpha value is -2.98. The first kappa shape index (κ1) is 29.1. The van der Waals surface area contributed by atoms with Crippen LogP contribution in [0.3, 0.4) is 0 Å². The van der Waals surface area contributed by atoms with Crippen molar-refractivity contribution in [3.8, 4) is 0 Å². The molecule has 0 saturated carbocycles. The van der Waals surface area contributed by atoms with Gasteiger partial charge in [-0.2, -0.15) is 0 Å². The minimum Gasteiger partial charge on any atom is -0.480 e. The number of aliphatic carboxylic acids is 1. The molecule has 7 N–H and O–H groups in total. The van der Waals surface area contributed by atoms with Crippen LogP contribution >= 0.6 is 0 Å². The number of aliphatic hydroxyl groups is 1. The average molecular weight is 479 g/mol. The van der Waals surface area contributed by atoms with Gasteiger partial charge in [-0.15, -0.1) is 0 Å². The molecule has 10 nitrogen and oxygen atoms in total. The number of carbonyl (C=O) groups excluding carboxylic acids is 3. The summed E-state index contributed by atoms with van der Waals surface area (Å²) in [6.07, 6.45) is 0.964. The van der Waals surface area contributed by atoms with Gasteiger partial charge in [0.05, 0.1) is 12.6 Å². The topological polar surface area (TPSA) is 171 Å². The van der Waals surface area contributed by atoms with Crippen LogP contribution in [0.5, 0.6) is 0 Å². The summed E-state index contributed by atoms with van der Waals surface area (Å²) < 4.78 is 0. The molecule has 3 amide bonds. The maximum absolute atomic E-state index is 13.0. The molecule has 1 rings (SSSR count). The van der Waals surface area contributed by atoms with E-state index in [0.717, 1.165) is 5.56 Å². The Balaban J connectivity index is 3.02. The Bertz CT molecular complexity index is 817. The highest BCUT2D eigenvalue weighted by molar-refractivity contribution is 5.94. The number of carbonyl (C=O) groups is 4. The van der Waals surface area contributed by atoms with Gasteiger partial charge in [0.25, 0.3) is 0 Å². The Kier molecular flexibility index (Phi) is 12.2. The average Bonchev–Trinajstić information content (AvgIpc) is 2.80. The van der Waals surface area contributed by atoms with Gasteiger partial charge in [0.15, 0.2) is 0 Å². The van der Waals surface area contributed by atoms with E-state index in [0.29, 0.717) is 6.42 Å². The standard InChI is InChI=1S/C24H38N4O6/c1-5-15(4)20(25)23(32)28-19(13-29)22(31)26-17(12-16-9-7-6-8-10-16)21(30)27-18(24(33)34)11-14(2)3/h6-10,14-15,17-20,29H,5,11-13,25H2,1-4H3,(H,26,31)(H,27,30)(H,28,32)(H,33,34). The number of nitrogens with one attached hydrogen (secondary N) is 3. The van der Waals surface area contributed by atoms with Crippen molar-refractivity contribution in [3.05, 3.63) is 35.9 Å². The maximum atomic E-state index is 13.0. The van der Waals surface area contributed by atoms with E-state index in [4.69, 9.17) is 5.73 Å². The normalized spacial score (nSPS) is 15.5. The van der Waals surface area contributed by atoms with Crippen LogP contribution in [0, 0.1) is 11.8 Å². The Labute approximate surface area is 200 Å². The first-order valence-corrected chi connectivity index (χ1v) is 11.5. The van der Waals surface area contributed by atoms with Crippen LogP contribution in [-0.4, -0.2) is 64.7 Å². The summed E-state index contributed by atoms with van der Waals surface area (Å²) in [4.78, 5) is 49.8. The van der Waals surface area contributed by atoms with E-state index >= 15 is 0 Å². The number of nitrogens with two attached hydrogens (primary N) is 1. The predicted octanol–water partition coefficient (Wildman–Crippen LogP) is 0.180. The van der Waals surface area contributed by atoms with Gasteiger partial charge in [0.1, 0.15) is 18.1 Å². The van der Waals surface area contributed by atoms with E-state index < -0.39 is 54.5 Å². The molecule has 5 unspecified atom stereocenters. The molecule has 1 aromatic carbocycles. The van der Waals surface area contributed by atoms with E-state index in [1.54, 1.807) is 37.3 Å². The zero-order valence-corrected chi connectivity index (χ0v) is 20.3. The van der Waals surface area contributed by atoms with Crippen LogP contribution < -0.4 is 21.7 Å². The van der Waals surface area contributed by atoms with E-state index in [1.807, 2.05) is 20.8 Å². The summed E-state index contributed by atoms with van der Waals surface area (Å²) >= 11 is 0. The van der Waals surface area contributed by atoms with Crippen molar-refractivity contribution in [2.45, 2.75) is 71.1 Å². The van der Waals surface area contributed by atoms with Crippen molar-refractivity contribution in [1.29, 1.82) is 0 Å². The van der Waals surface area contributed by atoms with Gasteiger partial charge >= 0.3 is 5.97 Å². The van der Waals surface area contributed by atoms with Gasteiger partial charge in [-0.3, -0.25) is 14.4 Å². The molecule has 0 bridgehead atoms. The van der Waals surface area contributed by atoms with Gasteiger partial charge in [-0.25, -0.2) is 4.79 Å². The Morgan fingerprint density at radius 3 is 1.91 bits per heavy atom. The molecule has 0 aliphatic heterocycles. The number of carboxylic acid groups (broad SMARTS) is 1. The van der Waals surface area contributed by atoms with Crippen LogP contribution in [0.2, 0.25) is 0 Å². The molecule has 0 saturated heterocycles. The molecule has 0 aromatic heterocycles. The zero-order chi connectivity index (χ0) is 25.8. The lowest BCUT2D eigenvalue weighted by Gasteiger charge is -2.25. The SMILES string of the molecule is CCC(C)C(N)C(=O)NC(CO)C(=O)NC(Cc1ccccc1)C(=O)NC(CC(C)C)C(=O)O. The molecule has 0 spiro atoms. The molecule has 10 heteroatoms. The van der Waals surface area contributed by atoms with Crippen molar-refractivity contribution >= 4 is 23.7 Å². The summed E-state index contributed by atoms with van der Waals surface area (Å²) in [7, 11) is 0. The fraction of sp³-hybridized carbons (Fsp3) is 0.583. The monoisotopic (exact) mass is 478 g/mol. The lowest BCUT2D eigenvalue weighted by Crippen LogP contribution is -2.59. The maximum Gasteiger partial charge on any atom is 0.326 e. The molecule has 0 fully saturated rings. The third-order valence-corrected chi connectivity index (χ3v) is 5.61. The molecular formula is C24H38N4O6. The largest absolute Gasteiger partial charge is 0.480 e. The molecule has 0 aliphatic carbocycles. The van der Waals surface area contributed by atoms with Crippen LogP contribution in [0.15, 0.2) is 30.3 Å². The summed E-state index contributed by atoms with van der Waals surface area (Å²) in [5, 5.41) is 26.6. The summed E-state index contributed by atoms with van der Waals surface area (Å²) in [5.74, 6) is -3.33. The van der Waals surface area contributed by atoms with Gasteiger partial charge in [0.2, 0.25) is 17.7 Å². The minimum absolute atomic E-state index is 0.0206. The highest BCUT2D eigenvalue weighted by Crippen LogP contribution is 2.09. The van der Waals surface area contributed by atoms with Crippen LogP contribution in [0.4, 0.5) is 0 Å². The predicted molar refractivity (Wildman–Crippen MR) is 128 cm³/mol. The smallest absolute Gasteiger partial charge is 0.326 e. The second-order valence-electron chi connectivity index (χ2n) is 8.93. The number of benzene rings is 1. The van der Waals surface area contributed by atoms with Gasteiger partial charge < -0.3 is 31.9 Å². The molecule has 5 atom stereocenters. The fourth-order valence-corrected chi connectivity index (χ4v) is 3.27. The van der Waals surface area contributed by atoms with E-state index in [1.165, 1.54) is 0 Å². The lowest BCUT2D eigenvalue weighted by molar-refractivity contribution is -0.142. The molecule has 1 aromatic rings. The first-order valence-electron chi connectivity index (χ1n) is 11.5. The van der Waals surface area contributed by atoms with Crippen LogP contribution in [-0.2, 0) is 25.6 Å². The summed E-state index contributed by atoms with van der Waals surface area (Å²) in [5.41, 5.74) is 6.64. The highest BCUT2D eigenvalue weighted by Gasteiger charge is 2.31. The lowest BCUT2D eigenvalue weighted by atomic mass is 9.99. The first-order chi connectivity index (χ1) is 16.0. The number of carboxylic acids is 1. The number of hydrogen-bond acceptors (Lipinski definition) is 6. The van der Waals surface area contributed by atoms with Crippen molar-refractivity contribution in [2.24, 2.45) is 17.6 Å². The molecule has 190 valence electrons. The van der Waals surface area contributed by atoms with Gasteiger partial charge in [0, 0.05) is 6.42 Å². The van der Waals surface area contributed by atoms with Crippen molar-refractivity contribution in [2.75, 3.05) is 6.61 Å². The molecule has 34 heavy (non-hydrogen) atoms. The number of hydrogen-bond donors (Lipinski definition) is 6. The van der Waals surface area contributed by atoms with Crippen LogP contribution in [0.1, 0.15) is 46.1 Å². The third kappa shape index (κ3) is 9.48. The molecule has 0 aliphatic rings. The molecule has 0 heterocycles. The zero-order valence-electron chi connectivity index (χ0n) is 20.3. The number of amides is 3. The van der Waals surface area contributed by atoms with Crippen molar-refractivity contribution in [1.82, 2.24) is 16.0 Å². The number of rotatable bonds is 14. The fourth-order valence-electron chi connectivity index (χ4n) is 3.27. The van der Waals surface area contributed by atoms with Crippen LogP contribution in [0.25, 0.3) is 0 Å². The quantitative estimate of drug-likeness (QED) is 0.221. The van der Waals surface area contributed by atoms with Crippen molar-refractivity contribution < 1.29 is 29.4 Å². The highest BCUT2D eigenvalue weighted by atomic mass is 16.4. The summed E-state index contributed by atoms with van der Waals surface area (Å²) in [6, 6.07) is 4.47. The molecule has 0 radical (unpaired) electrons. The van der Waals surface area contributed by atoms with E-state index in [-0.39, 0.29) is 24.7 Å². The third-order valence-electron chi connectivity index (χ3n) is 5.61. The molecular weight excluding hydrogens is 440 g/mol. The Morgan fingerprint density at radius 2 is 1.41 bits per heavy atom. The van der Waals surface area contributed by atoms with E-state index in [9.17, 15) is 29.4 Å². The Morgan fingerprint density at radius 1 is 0.882 bits per heavy atom. The van der Waals surface area contributed by atoms with Crippen molar-refractivity contribution in [3.63, 3.8) is 0 Å². The second kappa shape index (κ2) is 14.3.